The summed E-state index contributed by atoms with van der Waals surface area (Å²) in [7, 11) is 1.59. The first kappa shape index (κ1) is 17.9. The van der Waals surface area contributed by atoms with Gasteiger partial charge in [0.25, 0.3) is 0 Å². The molecule has 0 aliphatic carbocycles. The molecule has 0 spiro atoms. The number of aromatic nitrogens is 4. The Labute approximate surface area is 153 Å². The van der Waals surface area contributed by atoms with Crippen LogP contribution in [0.1, 0.15) is 6.92 Å². The van der Waals surface area contributed by atoms with Gasteiger partial charge in [-0.25, -0.2) is 4.39 Å². The Morgan fingerprint density at radius 1 is 1.27 bits per heavy atom. The van der Waals surface area contributed by atoms with Gasteiger partial charge in [0.05, 0.1) is 18.0 Å². The highest BCUT2D eigenvalue weighted by molar-refractivity contribution is 8.00. The Bertz CT molecular complexity index is 900. The van der Waals surface area contributed by atoms with E-state index in [1.165, 1.54) is 34.6 Å². The molecule has 7 nitrogen and oxygen atoms in total. The molecule has 3 aromatic rings. The summed E-state index contributed by atoms with van der Waals surface area (Å²) in [6.07, 6.45) is 0. The molecule has 134 valence electrons. The van der Waals surface area contributed by atoms with Crippen LogP contribution in [0.2, 0.25) is 0 Å². The summed E-state index contributed by atoms with van der Waals surface area (Å²) in [5.74, 6) is 0.0373. The minimum atomic E-state index is -0.485. The fraction of sp³-hybridized carbons (Fsp3) is 0.176. The molecular formula is C17H16FN5O2S. The Balaban J connectivity index is 1.70. The van der Waals surface area contributed by atoms with E-state index >= 15 is 0 Å². The number of carbonyl (C=O) groups is 1. The van der Waals surface area contributed by atoms with Crippen molar-refractivity contribution < 1.29 is 13.9 Å². The van der Waals surface area contributed by atoms with E-state index in [2.05, 4.69) is 20.8 Å². The highest BCUT2D eigenvalue weighted by atomic mass is 32.2. The molecule has 9 heteroatoms. The van der Waals surface area contributed by atoms with Crippen LogP contribution < -0.4 is 10.1 Å². The molecule has 3 rings (SSSR count). The Kier molecular flexibility index (Phi) is 5.47. The van der Waals surface area contributed by atoms with Crippen LogP contribution in [0.5, 0.6) is 5.75 Å². The summed E-state index contributed by atoms with van der Waals surface area (Å²) in [5.41, 5.74) is 1.15. The van der Waals surface area contributed by atoms with Gasteiger partial charge in [-0.15, -0.1) is 5.10 Å². The largest absolute Gasteiger partial charge is 0.497 e. The van der Waals surface area contributed by atoms with Crippen molar-refractivity contribution in [2.24, 2.45) is 0 Å². The topological polar surface area (TPSA) is 81.9 Å². The molecule has 0 saturated heterocycles. The van der Waals surface area contributed by atoms with Gasteiger partial charge in [-0.1, -0.05) is 17.8 Å². The zero-order chi connectivity index (χ0) is 18.5. The van der Waals surface area contributed by atoms with E-state index in [0.717, 1.165) is 11.4 Å². The van der Waals surface area contributed by atoms with Crippen molar-refractivity contribution in [2.75, 3.05) is 12.4 Å². The average molecular weight is 373 g/mol. The number of methoxy groups -OCH3 is 1. The first-order valence-electron chi connectivity index (χ1n) is 7.72. The lowest BCUT2D eigenvalue weighted by Crippen LogP contribution is -2.23. The Morgan fingerprint density at radius 3 is 2.73 bits per heavy atom. The van der Waals surface area contributed by atoms with Crippen molar-refractivity contribution in [1.82, 2.24) is 20.2 Å². The summed E-state index contributed by atoms with van der Waals surface area (Å²) < 4.78 is 19.9. The minimum Gasteiger partial charge on any atom is -0.497 e. The summed E-state index contributed by atoms with van der Waals surface area (Å²) in [5, 5.41) is 14.3. The standard InChI is InChI=1S/C17H16FN5O2S/c1-11(16(24)19-13-5-3-4-12(18)10-13)26-17-20-21-22-23(17)14-6-8-15(25-2)9-7-14/h3-11H,1-2H3,(H,19,24)/t11-/m0/s1. The third kappa shape index (κ3) is 4.17. The molecule has 0 radical (unpaired) electrons. The molecule has 1 amide bonds. The number of nitrogens with zero attached hydrogens (tertiary/aromatic N) is 4. The third-order valence-electron chi connectivity index (χ3n) is 3.50. The van der Waals surface area contributed by atoms with Crippen molar-refractivity contribution in [3.63, 3.8) is 0 Å². The lowest BCUT2D eigenvalue weighted by Gasteiger charge is -2.12. The second-order valence-corrected chi connectivity index (χ2v) is 6.64. The third-order valence-corrected chi connectivity index (χ3v) is 4.53. The van der Waals surface area contributed by atoms with Gasteiger partial charge in [0.1, 0.15) is 11.6 Å². The van der Waals surface area contributed by atoms with Crippen molar-refractivity contribution in [3.8, 4) is 11.4 Å². The van der Waals surface area contributed by atoms with Crippen LogP contribution in [0.4, 0.5) is 10.1 Å². The van der Waals surface area contributed by atoms with Crippen molar-refractivity contribution >= 4 is 23.4 Å². The quantitative estimate of drug-likeness (QED) is 0.669. The first-order valence-corrected chi connectivity index (χ1v) is 8.60. The van der Waals surface area contributed by atoms with E-state index in [0.29, 0.717) is 10.8 Å². The number of ether oxygens (including phenoxy) is 1. The van der Waals surface area contributed by atoms with Crippen LogP contribution in [-0.4, -0.2) is 38.5 Å². The number of nitrogens with one attached hydrogen (secondary N) is 1. The number of anilines is 1. The summed E-state index contributed by atoms with van der Waals surface area (Å²) in [6, 6.07) is 13.0. The molecule has 0 unspecified atom stereocenters. The van der Waals surface area contributed by atoms with Crippen LogP contribution in [0.25, 0.3) is 5.69 Å². The molecule has 0 fully saturated rings. The first-order chi connectivity index (χ1) is 12.6. The number of halogens is 1. The zero-order valence-corrected chi connectivity index (χ0v) is 14.9. The molecule has 0 saturated carbocycles. The molecule has 0 bridgehead atoms. The maximum atomic E-state index is 13.2. The summed E-state index contributed by atoms with van der Waals surface area (Å²) in [4.78, 5) is 12.3. The average Bonchev–Trinajstić information content (AvgIpc) is 3.10. The predicted octanol–water partition coefficient (Wildman–Crippen LogP) is 2.93. The molecule has 2 aromatic carbocycles. The fourth-order valence-electron chi connectivity index (χ4n) is 2.16. The smallest absolute Gasteiger partial charge is 0.237 e. The maximum absolute atomic E-state index is 13.2. The van der Waals surface area contributed by atoms with Crippen molar-refractivity contribution in [2.45, 2.75) is 17.3 Å². The van der Waals surface area contributed by atoms with Crippen LogP contribution in [-0.2, 0) is 4.79 Å². The van der Waals surface area contributed by atoms with Crippen molar-refractivity contribution in [3.05, 3.63) is 54.3 Å². The van der Waals surface area contributed by atoms with Gasteiger partial charge in [0.2, 0.25) is 11.1 Å². The number of rotatable bonds is 6. The number of benzene rings is 2. The number of thioether (sulfide) groups is 1. The Hall–Kier alpha value is -2.94. The van der Waals surface area contributed by atoms with Gasteiger partial charge in [-0.3, -0.25) is 4.79 Å². The van der Waals surface area contributed by atoms with Crippen LogP contribution in [0, 0.1) is 5.82 Å². The molecule has 1 aromatic heterocycles. The van der Waals surface area contributed by atoms with Crippen LogP contribution in [0.15, 0.2) is 53.7 Å². The second-order valence-electron chi connectivity index (χ2n) is 5.33. The van der Waals surface area contributed by atoms with E-state index in [-0.39, 0.29) is 5.91 Å². The minimum absolute atomic E-state index is 0.273. The SMILES string of the molecule is COc1ccc(-n2nnnc2S[C@@H](C)C(=O)Nc2cccc(F)c2)cc1. The Morgan fingerprint density at radius 2 is 2.04 bits per heavy atom. The lowest BCUT2D eigenvalue weighted by atomic mass is 10.3. The van der Waals surface area contributed by atoms with Gasteiger partial charge >= 0.3 is 0 Å². The maximum Gasteiger partial charge on any atom is 0.237 e. The van der Waals surface area contributed by atoms with Gasteiger partial charge in [0.15, 0.2) is 0 Å². The predicted molar refractivity (Wildman–Crippen MR) is 96.1 cm³/mol. The van der Waals surface area contributed by atoms with Crippen LogP contribution >= 0.6 is 11.8 Å². The number of carbonyl (C=O) groups excluding carboxylic acids is 1. The van der Waals surface area contributed by atoms with Crippen molar-refractivity contribution in [1.29, 1.82) is 0 Å². The van der Waals surface area contributed by atoms with Gasteiger partial charge in [-0.05, 0) is 59.8 Å². The van der Waals surface area contributed by atoms with E-state index in [1.54, 1.807) is 32.2 Å². The second kappa shape index (κ2) is 7.96. The summed E-state index contributed by atoms with van der Waals surface area (Å²) in [6.45, 7) is 1.73. The van der Waals surface area contributed by atoms with E-state index < -0.39 is 11.1 Å². The molecule has 0 aliphatic rings. The molecule has 0 aliphatic heterocycles. The highest BCUT2D eigenvalue weighted by Crippen LogP contribution is 2.24. The number of tetrazole rings is 1. The fourth-order valence-corrected chi connectivity index (χ4v) is 2.97. The molecule has 26 heavy (non-hydrogen) atoms. The number of hydrogen-bond acceptors (Lipinski definition) is 6. The van der Waals surface area contributed by atoms with E-state index in [1.807, 2.05) is 12.1 Å². The monoisotopic (exact) mass is 373 g/mol. The normalized spacial score (nSPS) is 11.8. The van der Waals surface area contributed by atoms with Gasteiger partial charge in [0, 0.05) is 5.69 Å². The number of amides is 1. The highest BCUT2D eigenvalue weighted by Gasteiger charge is 2.19. The van der Waals surface area contributed by atoms with Gasteiger partial charge in [-0.2, -0.15) is 4.68 Å². The lowest BCUT2D eigenvalue weighted by molar-refractivity contribution is -0.115. The zero-order valence-electron chi connectivity index (χ0n) is 14.1. The van der Waals surface area contributed by atoms with Crippen LogP contribution in [0.3, 0.4) is 0 Å². The molecular weight excluding hydrogens is 357 g/mol. The van der Waals surface area contributed by atoms with E-state index in [9.17, 15) is 9.18 Å². The molecule has 1 N–H and O–H groups in total. The summed E-state index contributed by atoms with van der Waals surface area (Å²) >= 11 is 1.20. The molecule has 1 atom stereocenters. The number of hydrogen-bond donors (Lipinski definition) is 1. The van der Waals surface area contributed by atoms with Gasteiger partial charge < -0.3 is 10.1 Å². The molecule has 1 heterocycles. The van der Waals surface area contributed by atoms with E-state index in [4.69, 9.17) is 4.74 Å².